The number of unbranched alkanes of at least 4 members (excludes halogenated alkanes) is 3. The van der Waals surface area contributed by atoms with E-state index in [1.165, 1.54) is 40.4 Å². The molecule has 0 amide bonds. The van der Waals surface area contributed by atoms with Crippen LogP contribution in [0.2, 0.25) is 0 Å². The lowest BCUT2D eigenvalue weighted by atomic mass is 10.2. The summed E-state index contributed by atoms with van der Waals surface area (Å²) in [5.74, 6) is 0.796. The van der Waals surface area contributed by atoms with Crippen LogP contribution in [0.4, 0.5) is 11.4 Å². The lowest BCUT2D eigenvalue weighted by molar-refractivity contribution is 0.587. The summed E-state index contributed by atoms with van der Waals surface area (Å²) in [6.45, 7) is 3.24. The minimum atomic E-state index is 0.796. The van der Waals surface area contributed by atoms with Crippen LogP contribution in [0.1, 0.15) is 32.1 Å². The molecule has 0 fully saturated rings. The molecule has 134 valence electrons. The number of halogens is 1. The average Bonchev–Trinajstić information content (AvgIpc) is 2.66. The van der Waals surface area contributed by atoms with Crippen molar-refractivity contribution in [2.75, 3.05) is 30.4 Å². The number of nitrogens with one attached hydrogen (secondary N) is 1. The van der Waals surface area contributed by atoms with Gasteiger partial charge < -0.3 is 10.2 Å². The molecule has 0 aromatic heterocycles. The lowest BCUT2D eigenvalue weighted by Crippen LogP contribution is -2.26. The summed E-state index contributed by atoms with van der Waals surface area (Å²) in [6.07, 6.45) is 6.08. The highest BCUT2D eigenvalue weighted by Gasteiger charge is 2.21. The predicted octanol–water partition coefficient (Wildman–Crippen LogP) is 6.07. The minimum Gasteiger partial charge on any atom is -0.340 e. The number of hydrogen-bond acceptors (Lipinski definition) is 3. The highest BCUT2D eigenvalue weighted by atomic mass is 35.5. The van der Waals surface area contributed by atoms with E-state index < -0.39 is 0 Å². The first-order valence-electron chi connectivity index (χ1n) is 9.30. The molecule has 0 aliphatic carbocycles. The van der Waals surface area contributed by atoms with Gasteiger partial charge in [-0.3, -0.25) is 0 Å². The number of anilines is 2. The van der Waals surface area contributed by atoms with E-state index in [0.29, 0.717) is 0 Å². The third-order valence-electron chi connectivity index (χ3n) is 4.50. The molecule has 1 heterocycles. The SMILES string of the molecule is ClCCCCCCNCCCN1c2ccccc2Sc2ccccc21. The highest BCUT2D eigenvalue weighted by molar-refractivity contribution is 7.99. The maximum Gasteiger partial charge on any atom is 0.0552 e. The number of fused-ring (bicyclic) bond motifs is 2. The van der Waals surface area contributed by atoms with E-state index >= 15 is 0 Å². The van der Waals surface area contributed by atoms with Gasteiger partial charge in [0.05, 0.1) is 11.4 Å². The monoisotopic (exact) mass is 374 g/mol. The molecular weight excluding hydrogens is 348 g/mol. The molecule has 1 aliphatic heterocycles. The van der Waals surface area contributed by atoms with E-state index in [9.17, 15) is 0 Å². The summed E-state index contributed by atoms with van der Waals surface area (Å²) in [5.41, 5.74) is 2.68. The molecule has 2 nitrogen and oxygen atoms in total. The van der Waals surface area contributed by atoms with Crippen molar-refractivity contribution in [2.45, 2.75) is 41.9 Å². The zero-order valence-corrected chi connectivity index (χ0v) is 16.3. The van der Waals surface area contributed by atoms with E-state index in [2.05, 4.69) is 58.7 Å². The standard InChI is InChI=1S/C21H27ClN2S/c22-14-7-1-2-8-15-23-16-9-17-24-18-10-3-5-12-20(18)25-21-13-6-4-11-19(21)24/h3-6,10-13,23H,1-2,7-9,14-17H2. The number of para-hydroxylation sites is 2. The van der Waals surface area contributed by atoms with Crippen LogP contribution in [0, 0.1) is 0 Å². The van der Waals surface area contributed by atoms with Crippen LogP contribution >= 0.6 is 23.4 Å². The zero-order valence-electron chi connectivity index (χ0n) is 14.7. The first kappa shape index (κ1) is 18.6. The lowest BCUT2D eigenvalue weighted by Gasteiger charge is -2.32. The maximum atomic E-state index is 5.71. The van der Waals surface area contributed by atoms with Gasteiger partial charge in [0.15, 0.2) is 0 Å². The molecular formula is C21H27ClN2S. The third-order valence-corrected chi connectivity index (χ3v) is 5.90. The van der Waals surface area contributed by atoms with Crippen molar-refractivity contribution in [3.63, 3.8) is 0 Å². The Bertz CT molecular complexity index is 616. The number of hydrogen-bond donors (Lipinski definition) is 1. The van der Waals surface area contributed by atoms with E-state index in [0.717, 1.165) is 38.4 Å². The summed E-state index contributed by atoms with van der Waals surface area (Å²) in [6, 6.07) is 17.5. The summed E-state index contributed by atoms with van der Waals surface area (Å²) in [5, 5.41) is 3.58. The van der Waals surface area contributed by atoms with Gasteiger partial charge in [0.25, 0.3) is 0 Å². The van der Waals surface area contributed by atoms with Crippen molar-refractivity contribution in [1.29, 1.82) is 0 Å². The second-order valence-electron chi connectivity index (χ2n) is 6.40. The first-order valence-corrected chi connectivity index (χ1v) is 10.7. The molecule has 0 bridgehead atoms. The Morgan fingerprint density at radius 3 is 2.04 bits per heavy atom. The first-order chi connectivity index (χ1) is 12.4. The molecule has 0 spiro atoms. The Balaban J connectivity index is 1.49. The normalized spacial score (nSPS) is 12.8. The van der Waals surface area contributed by atoms with Gasteiger partial charge in [0.2, 0.25) is 0 Å². The second-order valence-corrected chi connectivity index (χ2v) is 7.86. The van der Waals surface area contributed by atoms with Crippen LogP contribution < -0.4 is 10.2 Å². The molecule has 0 radical (unpaired) electrons. The molecule has 1 N–H and O–H groups in total. The van der Waals surface area contributed by atoms with Crippen molar-refractivity contribution >= 4 is 34.7 Å². The van der Waals surface area contributed by atoms with Gasteiger partial charge in [-0.2, -0.15) is 0 Å². The van der Waals surface area contributed by atoms with E-state index in [1.807, 2.05) is 11.8 Å². The summed E-state index contributed by atoms with van der Waals surface area (Å²) < 4.78 is 0. The van der Waals surface area contributed by atoms with Gasteiger partial charge in [0.1, 0.15) is 0 Å². The Morgan fingerprint density at radius 2 is 1.36 bits per heavy atom. The van der Waals surface area contributed by atoms with Crippen LogP contribution in [0.25, 0.3) is 0 Å². The van der Waals surface area contributed by atoms with Crippen LogP contribution in [-0.4, -0.2) is 25.5 Å². The van der Waals surface area contributed by atoms with E-state index in [1.54, 1.807) is 0 Å². The Kier molecular flexibility index (Phi) is 7.53. The molecule has 0 saturated carbocycles. The fraction of sp³-hybridized carbons (Fsp3) is 0.429. The fourth-order valence-electron chi connectivity index (χ4n) is 3.21. The van der Waals surface area contributed by atoms with Crippen molar-refractivity contribution < 1.29 is 0 Å². The van der Waals surface area contributed by atoms with Crippen LogP contribution in [0.15, 0.2) is 58.3 Å². The molecule has 1 aliphatic rings. The van der Waals surface area contributed by atoms with Crippen LogP contribution in [-0.2, 0) is 0 Å². The van der Waals surface area contributed by atoms with Gasteiger partial charge in [-0.05, 0) is 56.6 Å². The number of benzene rings is 2. The molecule has 3 rings (SSSR count). The quantitative estimate of drug-likeness (QED) is 0.401. The van der Waals surface area contributed by atoms with Gasteiger partial charge in [-0.1, -0.05) is 48.9 Å². The van der Waals surface area contributed by atoms with E-state index in [-0.39, 0.29) is 0 Å². The highest BCUT2D eigenvalue weighted by Crippen LogP contribution is 2.47. The van der Waals surface area contributed by atoms with Crippen molar-refractivity contribution in [3.05, 3.63) is 48.5 Å². The molecule has 2 aromatic rings. The number of rotatable bonds is 10. The van der Waals surface area contributed by atoms with Crippen LogP contribution in [0.3, 0.4) is 0 Å². The largest absolute Gasteiger partial charge is 0.340 e. The Hall–Kier alpha value is -1.16. The van der Waals surface area contributed by atoms with Gasteiger partial charge in [0, 0.05) is 22.2 Å². The van der Waals surface area contributed by atoms with Gasteiger partial charge in [-0.25, -0.2) is 0 Å². The third kappa shape index (κ3) is 5.16. The molecule has 4 heteroatoms. The van der Waals surface area contributed by atoms with Crippen molar-refractivity contribution in [2.24, 2.45) is 0 Å². The Labute approximate surface area is 161 Å². The van der Waals surface area contributed by atoms with E-state index in [4.69, 9.17) is 11.6 Å². The maximum absolute atomic E-state index is 5.71. The average molecular weight is 375 g/mol. The zero-order chi connectivity index (χ0) is 17.3. The van der Waals surface area contributed by atoms with Gasteiger partial charge >= 0.3 is 0 Å². The number of alkyl halides is 1. The molecule has 0 unspecified atom stereocenters. The number of nitrogens with zero attached hydrogens (tertiary/aromatic N) is 1. The summed E-state index contributed by atoms with van der Waals surface area (Å²) >= 11 is 7.58. The summed E-state index contributed by atoms with van der Waals surface area (Å²) in [4.78, 5) is 5.19. The topological polar surface area (TPSA) is 15.3 Å². The molecule has 0 saturated heterocycles. The second kappa shape index (κ2) is 10.1. The summed E-state index contributed by atoms with van der Waals surface area (Å²) in [7, 11) is 0. The molecule has 2 aromatic carbocycles. The van der Waals surface area contributed by atoms with Crippen molar-refractivity contribution in [3.8, 4) is 0 Å². The fourth-order valence-corrected chi connectivity index (χ4v) is 4.49. The minimum absolute atomic E-state index is 0.796. The van der Waals surface area contributed by atoms with Gasteiger partial charge in [-0.15, -0.1) is 11.6 Å². The smallest absolute Gasteiger partial charge is 0.0552 e. The van der Waals surface area contributed by atoms with Crippen LogP contribution in [0.5, 0.6) is 0 Å². The predicted molar refractivity (Wildman–Crippen MR) is 111 cm³/mol. The Morgan fingerprint density at radius 1 is 0.760 bits per heavy atom. The van der Waals surface area contributed by atoms with Crippen molar-refractivity contribution in [1.82, 2.24) is 5.32 Å². The molecule has 0 atom stereocenters. The molecule has 25 heavy (non-hydrogen) atoms.